The number of ether oxygens (including phenoxy) is 1. The van der Waals surface area contributed by atoms with Gasteiger partial charge in [0.2, 0.25) is 0 Å². The lowest BCUT2D eigenvalue weighted by Gasteiger charge is -2.28. The van der Waals surface area contributed by atoms with E-state index in [0.717, 1.165) is 45.3 Å². The first-order valence-corrected chi connectivity index (χ1v) is 13.0. The Balaban J connectivity index is 1.66. The van der Waals surface area contributed by atoms with Gasteiger partial charge in [-0.25, -0.2) is 4.79 Å². The molecule has 2 atom stereocenters. The minimum absolute atomic E-state index is 0.182. The van der Waals surface area contributed by atoms with Gasteiger partial charge in [-0.05, 0) is 106 Å². The van der Waals surface area contributed by atoms with Gasteiger partial charge in [-0.15, -0.1) is 0 Å². The van der Waals surface area contributed by atoms with Crippen LogP contribution in [0.3, 0.4) is 0 Å². The van der Waals surface area contributed by atoms with Gasteiger partial charge in [-0.2, -0.15) is 0 Å². The Kier molecular flexibility index (Phi) is 6.91. The van der Waals surface area contributed by atoms with Crippen LogP contribution < -0.4 is 15.0 Å². The summed E-state index contributed by atoms with van der Waals surface area (Å²) < 4.78 is 7.78. The predicted molar refractivity (Wildman–Crippen MR) is 152 cm³/mol. The Morgan fingerprint density at radius 3 is 2.50 bits per heavy atom. The Bertz CT molecular complexity index is 1500. The monoisotopic (exact) mass is 526 g/mol. The number of nitrogens with one attached hydrogen (secondary N) is 1. The number of aryl methyl sites for hydroxylation is 2. The van der Waals surface area contributed by atoms with E-state index in [1.165, 1.54) is 0 Å². The van der Waals surface area contributed by atoms with Crippen LogP contribution in [-0.2, 0) is 0 Å². The number of carbonyl (C=O) groups is 1. The fourth-order valence-electron chi connectivity index (χ4n) is 5.26. The maximum atomic E-state index is 11.7. The number of hydrogen-bond acceptors (Lipinski definition) is 4. The van der Waals surface area contributed by atoms with Gasteiger partial charge in [0.15, 0.2) is 5.11 Å². The fourth-order valence-corrected chi connectivity index (χ4v) is 5.61. The molecule has 2 aromatic carbocycles. The number of pyridine rings is 1. The van der Waals surface area contributed by atoms with E-state index in [4.69, 9.17) is 17.0 Å². The van der Waals surface area contributed by atoms with E-state index in [-0.39, 0.29) is 17.6 Å². The maximum absolute atomic E-state index is 11.7. The molecule has 5 rings (SSSR count). The second-order valence-corrected chi connectivity index (χ2v) is 9.78. The molecule has 1 saturated heterocycles. The largest absolute Gasteiger partial charge is 0.494 e. The lowest BCUT2D eigenvalue weighted by atomic mass is 9.96. The quantitative estimate of drug-likeness (QED) is 0.283. The predicted octanol–water partition coefficient (Wildman–Crippen LogP) is 6.07. The zero-order valence-corrected chi connectivity index (χ0v) is 22.6. The van der Waals surface area contributed by atoms with E-state index >= 15 is 0 Å². The number of thiocarbonyl (C=S) groups is 1. The molecule has 0 spiro atoms. The highest BCUT2D eigenvalue weighted by molar-refractivity contribution is 7.80. The highest BCUT2D eigenvalue weighted by Gasteiger charge is 2.42. The zero-order chi connectivity index (χ0) is 27.0. The van der Waals surface area contributed by atoms with Crippen LogP contribution in [0.1, 0.15) is 57.6 Å². The SMILES string of the molecule is CCOc1ccc(N2C(=S)N[C@@H](c3ccccn3)[C@@H]2c2cc(C)n(-c3cc(C(=O)O)ccc3C)c2C)cc1. The van der Waals surface area contributed by atoms with E-state index in [1.54, 1.807) is 18.3 Å². The molecule has 2 aromatic heterocycles. The standard InChI is InChI=1S/C30H30N4O3S/c1-5-37-23-13-11-22(12-14-23)34-28(27(32-30(34)38)25-8-6-7-15-31-25)24-16-19(3)33(20(24)4)26-17-21(29(35)36)10-9-18(26)2/h6-17,27-28H,5H2,1-4H3,(H,32,38)(H,35,36)/t27-,28-/m0/s1. The Morgan fingerprint density at radius 2 is 1.84 bits per heavy atom. The minimum Gasteiger partial charge on any atom is -0.494 e. The van der Waals surface area contributed by atoms with Crippen LogP contribution in [-0.4, -0.2) is 32.3 Å². The first-order valence-electron chi connectivity index (χ1n) is 12.6. The number of aromatic nitrogens is 2. The minimum atomic E-state index is -0.948. The molecule has 1 aliphatic rings. The average molecular weight is 527 g/mol. The zero-order valence-electron chi connectivity index (χ0n) is 21.8. The van der Waals surface area contributed by atoms with E-state index in [9.17, 15) is 9.90 Å². The van der Waals surface area contributed by atoms with Crippen molar-refractivity contribution in [2.24, 2.45) is 0 Å². The lowest BCUT2D eigenvalue weighted by molar-refractivity contribution is 0.0697. The number of rotatable bonds is 7. The number of hydrogen-bond donors (Lipinski definition) is 2. The molecular weight excluding hydrogens is 496 g/mol. The van der Waals surface area contributed by atoms with Crippen LogP contribution in [0, 0.1) is 20.8 Å². The summed E-state index contributed by atoms with van der Waals surface area (Å²) in [7, 11) is 0. The third-order valence-electron chi connectivity index (χ3n) is 7.01. The molecule has 4 aromatic rings. The van der Waals surface area contributed by atoms with Gasteiger partial charge in [0, 0.05) is 29.0 Å². The number of aromatic carboxylic acids is 1. The Labute approximate surface area is 227 Å². The summed E-state index contributed by atoms with van der Waals surface area (Å²) in [4.78, 5) is 18.5. The van der Waals surface area contributed by atoms with Crippen molar-refractivity contribution in [1.82, 2.24) is 14.9 Å². The van der Waals surface area contributed by atoms with E-state index in [0.29, 0.717) is 11.7 Å². The second-order valence-electron chi connectivity index (χ2n) is 9.39. The van der Waals surface area contributed by atoms with Gasteiger partial charge in [-0.1, -0.05) is 12.1 Å². The summed E-state index contributed by atoms with van der Waals surface area (Å²) in [6.07, 6.45) is 1.79. The van der Waals surface area contributed by atoms with Crippen LogP contribution in [0.4, 0.5) is 5.69 Å². The van der Waals surface area contributed by atoms with Gasteiger partial charge in [0.25, 0.3) is 0 Å². The molecule has 3 heterocycles. The summed E-state index contributed by atoms with van der Waals surface area (Å²) in [5.74, 6) is -0.143. The number of anilines is 1. The van der Waals surface area contributed by atoms with E-state index < -0.39 is 5.97 Å². The molecule has 38 heavy (non-hydrogen) atoms. The number of carboxylic acid groups (broad SMARTS) is 1. The van der Waals surface area contributed by atoms with Gasteiger partial charge in [-0.3, -0.25) is 4.98 Å². The molecule has 0 radical (unpaired) electrons. The van der Waals surface area contributed by atoms with Crippen molar-refractivity contribution < 1.29 is 14.6 Å². The van der Waals surface area contributed by atoms with Crippen LogP contribution in [0.15, 0.2) is 72.9 Å². The van der Waals surface area contributed by atoms with Crippen molar-refractivity contribution in [3.63, 3.8) is 0 Å². The molecule has 1 aliphatic heterocycles. The molecule has 0 unspecified atom stereocenters. The van der Waals surface area contributed by atoms with Crippen molar-refractivity contribution >= 4 is 29.0 Å². The molecule has 0 saturated carbocycles. The van der Waals surface area contributed by atoms with Crippen LogP contribution in [0.5, 0.6) is 5.75 Å². The molecule has 194 valence electrons. The second kappa shape index (κ2) is 10.3. The average Bonchev–Trinajstić information content (AvgIpc) is 3.40. The molecule has 0 amide bonds. The van der Waals surface area contributed by atoms with E-state index in [1.807, 2.05) is 69.3 Å². The first kappa shape index (κ1) is 25.5. The molecule has 8 heteroatoms. The summed E-state index contributed by atoms with van der Waals surface area (Å²) in [5, 5.41) is 13.7. The van der Waals surface area contributed by atoms with Crippen LogP contribution in [0.25, 0.3) is 5.69 Å². The molecule has 2 N–H and O–H groups in total. The number of benzene rings is 2. The van der Waals surface area contributed by atoms with Gasteiger partial charge < -0.3 is 24.6 Å². The van der Waals surface area contributed by atoms with Crippen molar-refractivity contribution in [2.45, 2.75) is 39.8 Å². The summed E-state index contributed by atoms with van der Waals surface area (Å²) in [6.45, 7) is 8.67. The third-order valence-corrected chi connectivity index (χ3v) is 7.32. The van der Waals surface area contributed by atoms with Crippen molar-refractivity contribution in [3.8, 4) is 11.4 Å². The van der Waals surface area contributed by atoms with E-state index in [2.05, 4.69) is 32.8 Å². The van der Waals surface area contributed by atoms with Crippen molar-refractivity contribution in [2.75, 3.05) is 11.5 Å². The number of nitrogens with zero attached hydrogens (tertiary/aromatic N) is 3. The Morgan fingerprint density at radius 1 is 1.08 bits per heavy atom. The summed E-state index contributed by atoms with van der Waals surface area (Å²) >= 11 is 5.89. The van der Waals surface area contributed by atoms with Crippen LogP contribution >= 0.6 is 12.2 Å². The molecular formula is C30H30N4O3S. The lowest BCUT2D eigenvalue weighted by Crippen LogP contribution is -2.29. The van der Waals surface area contributed by atoms with Gasteiger partial charge in [0.1, 0.15) is 5.75 Å². The fraction of sp³-hybridized carbons (Fsp3) is 0.233. The molecule has 1 fully saturated rings. The molecule has 0 aliphatic carbocycles. The molecule has 7 nitrogen and oxygen atoms in total. The Hall–Kier alpha value is -4.17. The molecule has 0 bridgehead atoms. The highest BCUT2D eigenvalue weighted by Crippen LogP contribution is 2.44. The smallest absolute Gasteiger partial charge is 0.335 e. The van der Waals surface area contributed by atoms with Crippen molar-refractivity contribution in [1.29, 1.82) is 0 Å². The summed E-state index contributed by atoms with van der Waals surface area (Å²) in [5.41, 5.74) is 7.04. The number of carboxylic acids is 1. The highest BCUT2D eigenvalue weighted by atomic mass is 32.1. The van der Waals surface area contributed by atoms with Gasteiger partial charge >= 0.3 is 5.97 Å². The third kappa shape index (κ3) is 4.52. The normalized spacial score (nSPS) is 16.9. The van der Waals surface area contributed by atoms with Crippen LogP contribution in [0.2, 0.25) is 0 Å². The topological polar surface area (TPSA) is 79.6 Å². The van der Waals surface area contributed by atoms with Gasteiger partial charge in [0.05, 0.1) is 29.9 Å². The van der Waals surface area contributed by atoms with Crippen molar-refractivity contribution in [3.05, 3.63) is 107 Å². The first-order chi connectivity index (χ1) is 18.3. The summed E-state index contributed by atoms with van der Waals surface area (Å²) in [6, 6.07) is 20.9. The maximum Gasteiger partial charge on any atom is 0.335 e.